The fourth-order valence-electron chi connectivity index (χ4n) is 0.0474. The van der Waals surface area contributed by atoms with Crippen LogP contribution in [0.5, 0.6) is 0 Å². The van der Waals surface area contributed by atoms with Crippen LogP contribution in [-0.2, 0) is 8.37 Å². The van der Waals surface area contributed by atoms with Crippen molar-refractivity contribution in [1.82, 2.24) is 0 Å². The van der Waals surface area contributed by atoms with E-state index in [-0.39, 0.29) is 51.4 Å². The molecule has 38 valence electrons. The number of nitrogens with zero attached hydrogens (tertiary/aromatic N) is 2. The molecule has 0 saturated heterocycles. The maximum absolute atomic E-state index is 7.61. The number of nitriles is 2. The molecule has 0 bridgehead atoms. The summed E-state index contributed by atoms with van der Waals surface area (Å²) in [6, 6.07) is 0. The van der Waals surface area contributed by atoms with E-state index in [9.17, 15) is 0 Å². The van der Waals surface area contributed by atoms with Crippen molar-refractivity contribution in [2.75, 3.05) is 0 Å². The third-order valence-electron chi connectivity index (χ3n) is 0.143. The Hall–Kier alpha value is 0.566. The summed E-state index contributed by atoms with van der Waals surface area (Å²) in [5, 5.41) is 15.2. The Bertz CT molecular complexity index is 102. The minimum absolute atomic E-state index is 0. The van der Waals surface area contributed by atoms with Gasteiger partial charge in [-0.1, -0.05) is 0 Å². The molecule has 0 atom stereocenters. The second kappa shape index (κ2) is 10.5. The summed E-state index contributed by atoms with van der Waals surface area (Å²) in [5.74, 6) is 0. The van der Waals surface area contributed by atoms with Crippen molar-refractivity contribution in [1.29, 1.82) is 10.5 Å². The average molecular weight is 156 g/mol. The van der Waals surface area contributed by atoms with Gasteiger partial charge in [-0.15, -0.1) is 10.5 Å². The molecular formula is C2HKN2O2S. The molecule has 0 aromatic carbocycles. The summed E-state index contributed by atoms with van der Waals surface area (Å²) in [6.45, 7) is 0. The van der Waals surface area contributed by atoms with E-state index in [4.69, 9.17) is 10.5 Å². The Balaban J connectivity index is 0. The molecule has 0 unspecified atom stereocenters. The molecule has 0 radical (unpaired) electrons. The van der Waals surface area contributed by atoms with E-state index < -0.39 is 0 Å². The molecule has 0 aromatic rings. The van der Waals surface area contributed by atoms with E-state index in [1.165, 1.54) is 12.5 Å². The molecule has 0 aromatic heterocycles. The SMILES string of the molecule is N#COSOC#N.[KH]. The zero-order valence-electron chi connectivity index (χ0n) is 3.12. The third-order valence-corrected chi connectivity index (χ3v) is 0.428. The van der Waals surface area contributed by atoms with E-state index in [2.05, 4.69) is 8.37 Å². The van der Waals surface area contributed by atoms with Crippen molar-refractivity contribution >= 4 is 63.7 Å². The summed E-state index contributed by atoms with van der Waals surface area (Å²) in [7, 11) is 0. The fourth-order valence-corrected chi connectivity index (χ4v) is 0.142. The van der Waals surface area contributed by atoms with Gasteiger partial charge in [-0.2, -0.15) is 0 Å². The van der Waals surface area contributed by atoms with Gasteiger partial charge in [0.25, 0.3) is 0 Å². The van der Waals surface area contributed by atoms with Gasteiger partial charge in [0.05, 0.1) is 0 Å². The maximum atomic E-state index is 7.61. The first-order valence-corrected chi connectivity index (χ1v) is 1.86. The first-order valence-electron chi connectivity index (χ1n) is 1.19. The molecule has 0 amide bonds. The number of hydrogen-bond donors (Lipinski definition) is 0. The van der Waals surface area contributed by atoms with Crippen LogP contribution >= 0.6 is 12.3 Å². The van der Waals surface area contributed by atoms with Crippen LogP contribution in [0.4, 0.5) is 0 Å². The molecule has 0 aliphatic rings. The van der Waals surface area contributed by atoms with Crippen molar-refractivity contribution in [2.24, 2.45) is 0 Å². The molecule has 0 fully saturated rings. The van der Waals surface area contributed by atoms with Crippen molar-refractivity contribution in [2.45, 2.75) is 0 Å². The van der Waals surface area contributed by atoms with Crippen LogP contribution in [0.1, 0.15) is 0 Å². The standard InChI is InChI=1S/C2N2O2S.K.H/c3-1-5-7-6-2-4;;. The molecule has 0 spiro atoms. The number of hydrogen-bond acceptors (Lipinski definition) is 5. The molecule has 0 aliphatic heterocycles. The zero-order valence-corrected chi connectivity index (χ0v) is 3.94. The normalized spacial score (nSPS) is 4.75. The summed E-state index contributed by atoms with van der Waals surface area (Å²) in [6.07, 6.45) is 2.58. The Kier molecular flexibility index (Phi) is 15.0. The molecular weight excluding hydrogens is 155 g/mol. The van der Waals surface area contributed by atoms with Gasteiger partial charge in [0.2, 0.25) is 0 Å². The van der Waals surface area contributed by atoms with Crippen LogP contribution in [0.3, 0.4) is 0 Å². The summed E-state index contributed by atoms with van der Waals surface area (Å²) in [5.41, 5.74) is 0. The number of rotatable bonds is 2. The van der Waals surface area contributed by atoms with Crippen LogP contribution in [0.25, 0.3) is 0 Å². The van der Waals surface area contributed by atoms with Gasteiger partial charge in [-0.3, -0.25) is 0 Å². The third kappa shape index (κ3) is 9.76. The van der Waals surface area contributed by atoms with Crippen molar-refractivity contribution < 1.29 is 8.37 Å². The molecule has 0 aliphatic carbocycles. The Labute approximate surface area is 93.6 Å². The Morgan fingerprint density at radius 2 is 1.50 bits per heavy atom. The topological polar surface area (TPSA) is 66.0 Å². The van der Waals surface area contributed by atoms with E-state index in [0.29, 0.717) is 12.3 Å². The van der Waals surface area contributed by atoms with Crippen LogP contribution in [0.2, 0.25) is 0 Å². The summed E-state index contributed by atoms with van der Waals surface area (Å²) >= 11 is 0.331. The van der Waals surface area contributed by atoms with Gasteiger partial charge in [0, 0.05) is 0 Å². The van der Waals surface area contributed by atoms with Gasteiger partial charge in [0.1, 0.15) is 0 Å². The predicted molar refractivity (Wildman–Crippen MR) is 28.1 cm³/mol. The first kappa shape index (κ1) is 11.4. The van der Waals surface area contributed by atoms with E-state index in [1.54, 1.807) is 0 Å². The Morgan fingerprint density at radius 3 is 1.75 bits per heavy atom. The average Bonchev–Trinajstić information content (AvgIpc) is 1.69. The Morgan fingerprint density at radius 1 is 1.12 bits per heavy atom. The molecule has 0 rings (SSSR count). The van der Waals surface area contributed by atoms with Crippen LogP contribution in [-0.4, -0.2) is 51.4 Å². The van der Waals surface area contributed by atoms with E-state index >= 15 is 0 Å². The first-order chi connectivity index (χ1) is 3.41. The fraction of sp³-hybridized carbons (Fsp3) is 0. The second-order valence-electron chi connectivity index (χ2n) is 0.417. The van der Waals surface area contributed by atoms with Crippen molar-refractivity contribution in [3.63, 3.8) is 0 Å². The van der Waals surface area contributed by atoms with Gasteiger partial charge < -0.3 is 8.37 Å². The molecule has 0 N–H and O–H groups in total. The van der Waals surface area contributed by atoms with Gasteiger partial charge in [-0.05, 0) is 0 Å². The van der Waals surface area contributed by atoms with E-state index in [1.807, 2.05) is 0 Å². The van der Waals surface area contributed by atoms with Gasteiger partial charge >= 0.3 is 76.2 Å². The summed E-state index contributed by atoms with van der Waals surface area (Å²) in [4.78, 5) is 0. The predicted octanol–water partition coefficient (Wildman–Crippen LogP) is -0.104. The van der Waals surface area contributed by atoms with Crippen molar-refractivity contribution in [3.05, 3.63) is 0 Å². The molecule has 4 nitrogen and oxygen atoms in total. The van der Waals surface area contributed by atoms with E-state index in [0.717, 1.165) is 0 Å². The van der Waals surface area contributed by atoms with Crippen LogP contribution in [0.15, 0.2) is 0 Å². The molecule has 0 heterocycles. The van der Waals surface area contributed by atoms with Gasteiger partial charge in [0.15, 0.2) is 0 Å². The molecule has 8 heavy (non-hydrogen) atoms. The quantitative estimate of drug-likeness (QED) is 0.242. The molecule has 0 saturated carbocycles. The van der Waals surface area contributed by atoms with Crippen molar-refractivity contribution in [3.8, 4) is 12.5 Å². The van der Waals surface area contributed by atoms with Gasteiger partial charge in [-0.25, -0.2) is 0 Å². The minimum atomic E-state index is 0. The van der Waals surface area contributed by atoms with Crippen LogP contribution < -0.4 is 0 Å². The zero-order chi connectivity index (χ0) is 5.54. The van der Waals surface area contributed by atoms with Crippen LogP contribution in [0, 0.1) is 23.0 Å². The molecule has 6 heteroatoms. The second-order valence-corrected chi connectivity index (χ2v) is 0.887. The monoisotopic (exact) mass is 156 g/mol. The summed E-state index contributed by atoms with van der Waals surface area (Å²) < 4.78 is 7.70.